The molecule has 13 heteroatoms. The quantitative estimate of drug-likeness (QED) is 0.490. The third kappa shape index (κ3) is 3.97. The summed E-state index contributed by atoms with van der Waals surface area (Å²) in [5, 5.41) is 19.9. The van der Waals surface area contributed by atoms with Crippen LogP contribution in [0.2, 0.25) is 5.15 Å². The van der Waals surface area contributed by atoms with E-state index < -0.39 is 42.3 Å². The number of carbonyl (C=O) groups is 1. The van der Waals surface area contributed by atoms with Crippen molar-refractivity contribution in [1.82, 2.24) is 30.0 Å². The number of nitrogens with zero attached hydrogens (tertiary/aromatic N) is 5. The summed E-state index contributed by atoms with van der Waals surface area (Å²) in [7, 11) is 0. The van der Waals surface area contributed by atoms with Gasteiger partial charge < -0.3 is 15.3 Å². The van der Waals surface area contributed by atoms with Crippen molar-refractivity contribution in [2.24, 2.45) is 0 Å². The molecule has 0 aromatic carbocycles. The maximum atomic E-state index is 14.4. The maximum absolute atomic E-state index is 14.4. The number of nitrogens with one attached hydrogen (secondary N) is 2. The largest absolute Gasteiger partial charge is 0.391 e. The van der Waals surface area contributed by atoms with Gasteiger partial charge in [0.25, 0.3) is 5.91 Å². The molecule has 1 aliphatic carbocycles. The summed E-state index contributed by atoms with van der Waals surface area (Å²) in [5.74, 6) is -1.08. The summed E-state index contributed by atoms with van der Waals surface area (Å²) in [5.41, 5.74) is 0.349. The Labute approximate surface area is 190 Å². The number of likely N-dealkylation sites (tertiary alicyclic amines) is 1. The molecule has 1 aliphatic heterocycles. The molecule has 1 saturated carbocycles. The number of aromatic amines is 1. The van der Waals surface area contributed by atoms with Crippen LogP contribution >= 0.6 is 11.6 Å². The first-order valence-corrected chi connectivity index (χ1v) is 10.7. The number of pyridine rings is 1. The number of rotatable bonds is 4. The van der Waals surface area contributed by atoms with Gasteiger partial charge in [0.05, 0.1) is 36.3 Å². The van der Waals surface area contributed by atoms with E-state index in [9.17, 15) is 23.1 Å². The van der Waals surface area contributed by atoms with Crippen molar-refractivity contribution >= 4 is 34.4 Å². The van der Waals surface area contributed by atoms with Gasteiger partial charge in [-0.25, -0.2) is 28.1 Å². The number of amides is 1. The monoisotopic (exact) mass is 481 g/mol. The Morgan fingerprint density at radius 1 is 1.21 bits per heavy atom. The molecule has 0 unspecified atom stereocenters. The Morgan fingerprint density at radius 2 is 2.03 bits per heavy atom. The van der Waals surface area contributed by atoms with E-state index in [0.29, 0.717) is 0 Å². The lowest BCUT2D eigenvalue weighted by Crippen LogP contribution is -2.32. The van der Waals surface area contributed by atoms with Crippen LogP contribution in [0.5, 0.6) is 0 Å². The van der Waals surface area contributed by atoms with E-state index in [-0.39, 0.29) is 59.1 Å². The molecule has 5 atom stereocenters. The van der Waals surface area contributed by atoms with E-state index in [4.69, 9.17) is 11.6 Å². The lowest BCUT2D eigenvalue weighted by Gasteiger charge is -2.25. The molecule has 0 radical (unpaired) electrons. The zero-order valence-corrected chi connectivity index (χ0v) is 17.8. The summed E-state index contributed by atoms with van der Waals surface area (Å²) < 4.78 is 41.9. The van der Waals surface area contributed by atoms with Crippen LogP contribution in [-0.2, 0) is 0 Å². The molecule has 2 aliphatic rings. The minimum Gasteiger partial charge on any atom is -0.391 e. The van der Waals surface area contributed by atoms with Crippen molar-refractivity contribution in [2.75, 3.05) is 11.9 Å². The normalized spacial score (nSPS) is 27.4. The minimum absolute atomic E-state index is 0.00115. The lowest BCUT2D eigenvalue weighted by atomic mass is 10.1. The van der Waals surface area contributed by atoms with Crippen LogP contribution in [0.4, 0.5) is 19.0 Å². The minimum atomic E-state index is -1.35. The summed E-state index contributed by atoms with van der Waals surface area (Å²) in [4.78, 5) is 26.7. The number of hydrogen-bond acceptors (Lipinski definition) is 7. The molecule has 1 amide bonds. The lowest BCUT2D eigenvalue weighted by molar-refractivity contribution is 0.0724. The number of carbonyl (C=O) groups excluding carboxylic acids is 1. The number of hydrogen-bond donors (Lipinski definition) is 3. The third-order valence-corrected chi connectivity index (χ3v) is 6.38. The van der Waals surface area contributed by atoms with Crippen LogP contribution in [0.25, 0.3) is 11.0 Å². The van der Waals surface area contributed by atoms with Gasteiger partial charge in [0.2, 0.25) is 0 Å². The van der Waals surface area contributed by atoms with Gasteiger partial charge >= 0.3 is 0 Å². The maximum Gasteiger partial charge on any atom is 0.273 e. The van der Waals surface area contributed by atoms with Crippen molar-refractivity contribution in [2.45, 2.75) is 49.8 Å². The predicted octanol–water partition coefficient (Wildman–Crippen LogP) is 2.74. The van der Waals surface area contributed by atoms with Gasteiger partial charge in [-0.15, -0.1) is 0 Å². The molecule has 0 spiro atoms. The summed E-state index contributed by atoms with van der Waals surface area (Å²) in [6.07, 6.45) is -1.26. The number of alkyl halides is 2. The summed E-state index contributed by atoms with van der Waals surface area (Å²) in [6, 6.07) is -0.316. The van der Waals surface area contributed by atoms with Crippen LogP contribution in [0.3, 0.4) is 0 Å². The summed E-state index contributed by atoms with van der Waals surface area (Å²) in [6.45, 7) is -0.238. The van der Waals surface area contributed by atoms with Crippen LogP contribution in [-0.4, -0.2) is 72.1 Å². The van der Waals surface area contributed by atoms with Crippen LogP contribution in [0, 0.1) is 5.82 Å². The number of aliphatic hydroxyl groups is 1. The van der Waals surface area contributed by atoms with Crippen molar-refractivity contribution < 1.29 is 23.1 Å². The van der Waals surface area contributed by atoms with E-state index in [2.05, 4.69) is 30.5 Å². The van der Waals surface area contributed by atoms with Gasteiger partial charge in [-0.05, 0) is 6.07 Å². The van der Waals surface area contributed by atoms with Crippen LogP contribution < -0.4 is 5.32 Å². The highest BCUT2D eigenvalue weighted by molar-refractivity contribution is 6.30. The van der Waals surface area contributed by atoms with Gasteiger partial charge in [0, 0.05) is 24.8 Å². The number of aromatic nitrogens is 5. The fourth-order valence-electron chi connectivity index (χ4n) is 4.53. The van der Waals surface area contributed by atoms with E-state index in [1.807, 2.05) is 0 Å². The third-order valence-electron chi connectivity index (χ3n) is 6.06. The van der Waals surface area contributed by atoms with E-state index in [1.54, 1.807) is 0 Å². The fourth-order valence-corrected chi connectivity index (χ4v) is 4.75. The molecule has 3 N–H and O–H groups in total. The molecule has 5 rings (SSSR count). The molecule has 9 nitrogen and oxygen atoms in total. The van der Waals surface area contributed by atoms with E-state index in [1.165, 1.54) is 11.2 Å². The van der Waals surface area contributed by atoms with Crippen LogP contribution in [0.1, 0.15) is 41.4 Å². The van der Waals surface area contributed by atoms with Crippen LogP contribution in [0.15, 0.2) is 18.6 Å². The second-order valence-corrected chi connectivity index (χ2v) is 8.60. The van der Waals surface area contributed by atoms with Gasteiger partial charge in [-0.2, -0.15) is 5.10 Å². The first-order valence-electron chi connectivity index (χ1n) is 10.4. The molecule has 4 heterocycles. The number of anilines is 1. The molecule has 2 fully saturated rings. The van der Waals surface area contributed by atoms with Crippen molar-refractivity contribution in [3.8, 4) is 0 Å². The van der Waals surface area contributed by atoms with Crippen molar-refractivity contribution in [3.05, 3.63) is 40.8 Å². The highest BCUT2D eigenvalue weighted by atomic mass is 35.5. The Bertz CT molecular complexity index is 1210. The molecule has 3 aromatic rings. The standard InChI is InChI=1S/C20H19ClF3N7O2/c21-17-11(1-9(23)5-25-17)13-3-10(24)6-31(13)20(33)16-15-18(26-7-27-19(15)30-29-16)28-12-2-8(22)4-14(12)32/h1,5,7-8,10,12-14,32H,2-4,6H2,(H2,26,27,28,29,30)/t8-,10+,12-,13-,14-/m1/s1. The smallest absolute Gasteiger partial charge is 0.273 e. The number of H-pyrrole nitrogens is 1. The van der Waals surface area contributed by atoms with Gasteiger partial charge in [-0.1, -0.05) is 11.6 Å². The van der Waals surface area contributed by atoms with Gasteiger partial charge in [0.15, 0.2) is 5.65 Å². The zero-order chi connectivity index (χ0) is 23.3. The highest BCUT2D eigenvalue weighted by Crippen LogP contribution is 2.38. The Kier molecular flexibility index (Phi) is 5.57. The second kappa shape index (κ2) is 8.41. The van der Waals surface area contributed by atoms with Gasteiger partial charge in [-0.3, -0.25) is 9.89 Å². The fraction of sp³-hybridized carbons (Fsp3) is 0.450. The Balaban J connectivity index is 1.51. The molecule has 3 aromatic heterocycles. The van der Waals surface area contributed by atoms with Crippen molar-refractivity contribution in [1.29, 1.82) is 0 Å². The topological polar surface area (TPSA) is 120 Å². The average Bonchev–Trinajstić information content (AvgIpc) is 3.46. The zero-order valence-electron chi connectivity index (χ0n) is 17.1. The number of aliphatic hydroxyl groups excluding tert-OH is 1. The van der Waals surface area contributed by atoms with E-state index in [0.717, 1.165) is 12.3 Å². The molecule has 1 saturated heterocycles. The number of halogens is 4. The predicted molar refractivity (Wildman–Crippen MR) is 112 cm³/mol. The molecule has 33 heavy (non-hydrogen) atoms. The average molecular weight is 482 g/mol. The molecule has 174 valence electrons. The molecule has 0 bridgehead atoms. The first kappa shape index (κ1) is 21.8. The molecular weight excluding hydrogens is 463 g/mol. The van der Waals surface area contributed by atoms with E-state index >= 15 is 0 Å². The number of fused-ring (bicyclic) bond motifs is 1. The SMILES string of the molecule is O=C(c1[nH]nc2ncnc(N[C@@H]3C[C@@H](F)C[C@H]3O)c12)N1C[C@@H](F)C[C@@H]1c1cc(F)cnc1Cl. The first-order chi connectivity index (χ1) is 15.8. The molecular formula is C20H19ClF3N7O2. The Hall–Kier alpha value is -2.99. The Morgan fingerprint density at radius 3 is 2.79 bits per heavy atom. The van der Waals surface area contributed by atoms with Gasteiger partial charge in [0.1, 0.15) is 41.2 Å². The summed E-state index contributed by atoms with van der Waals surface area (Å²) >= 11 is 6.12. The van der Waals surface area contributed by atoms with Crippen molar-refractivity contribution in [3.63, 3.8) is 0 Å². The highest BCUT2D eigenvalue weighted by Gasteiger charge is 2.40. The second-order valence-electron chi connectivity index (χ2n) is 8.25.